The van der Waals surface area contributed by atoms with E-state index in [-0.39, 0.29) is 12.5 Å². The summed E-state index contributed by atoms with van der Waals surface area (Å²) in [4.78, 5) is 16.6. The summed E-state index contributed by atoms with van der Waals surface area (Å²) in [6.45, 7) is 0.244. The molecule has 0 saturated carbocycles. The molecule has 0 atom stereocenters. The van der Waals surface area contributed by atoms with Crippen molar-refractivity contribution in [3.8, 4) is 0 Å². The van der Waals surface area contributed by atoms with Crippen LogP contribution in [0.15, 0.2) is 24.5 Å². The van der Waals surface area contributed by atoms with Gasteiger partial charge in [-0.05, 0) is 43.9 Å². The van der Waals surface area contributed by atoms with Gasteiger partial charge in [-0.3, -0.25) is 4.79 Å². The van der Waals surface area contributed by atoms with Gasteiger partial charge in [0.05, 0.1) is 23.4 Å². The van der Waals surface area contributed by atoms with Gasteiger partial charge in [0.25, 0.3) is 0 Å². The molecule has 5 nitrogen and oxygen atoms in total. The number of amides is 1. The molecule has 3 N–H and O–H groups in total. The Kier molecular flexibility index (Phi) is 3.84. The maximum Gasteiger partial charge on any atom is 0.244 e. The molecule has 0 saturated heterocycles. The van der Waals surface area contributed by atoms with Crippen LogP contribution < -0.4 is 11.1 Å². The highest BCUT2D eigenvalue weighted by Crippen LogP contribution is 2.23. The summed E-state index contributed by atoms with van der Waals surface area (Å²) < 4.78 is 1.92. The van der Waals surface area contributed by atoms with Gasteiger partial charge in [-0.2, -0.15) is 0 Å². The number of carbonyl (C=O) groups is 1. The Morgan fingerprint density at radius 1 is 1.38 bits per heavy atom. The quantitative estimate of drug-likeness (QED) is 0.856. The van der Waals surface area contributed by atoms with Crippen molar-refractivity contribution < 1.29 is 4.79 Å². The van der Waals surface area contributed by atoms with Crippen LogP contribution in [0.3, 0.4) is 0 Å². The Morgan fingerprint density at radius 2 is 2.19 bits per heavy atom. The number of halogens is 1. The predicted molar refractivity (Wildman–Crippen MR) is 83.4 cm³/mol. The van der Waals surface area contributed by atoms with Gasteiger partial charge >= 0.3 is 0 Å². The molecule has 1 aromatic heterocycles. The van der Waals surface area contributed by atoms with E-state index in [2.05, 4.69) is 10.3 Å². The molecule has 0 bridgehead atoms. The van der Waals surface area contributed by atoms with Gasteiger partial charge in [-0.25, -0.2) is 4.98 Å². The third kappa shape index (κ3) is 3.03. The number of nitrogen functional groups attached to an aromatic ring is 1. The van der Waals surface area contributed by atoms with Crippen molar-refractivity contribution in [1.29, 1.82) is 0 Å². The fourth-order valence-corrected chi connectivity index (χ4v) is 2.82. The standard InChI is InChI=1S/C15H17ClN4O/c16-10-5-6-11(17)13(7-10)19-15(21)8-20-9-18-12-3-1-2-4-14(12)20/h5-7,9H,1-4,8,17H2,(H,19,21). The second-order valence-electron chi connectivity index (χ2n) is 5.25. The third-order valence-corrected chi connectivity index (χ3v) is 3.95. The molecule has 1 aliphatic rings. The molecule has 3 rings (SSSR count). The lowest BCUT2D eigenvalue weighted by Crippen LogP contribution is -2.21. The number of aryl methyl sites for hydroxylation is 1. The number of aromatic nitrogens is 2. The summed E-state index contributed by atoms with van der Waals surface area (Å²) in [6.07, 6.45) is 6.07. The first-order chi connectivity index (χ1) is 10.1. The number of fused-ring (bicyclic) bond motifs is 1. The smallest absolute Gasteiger partial charge is 0.244 e. The number of rotatable bonds is 3. The van der Waals surface area contributed by atoms with Gasteiger partial charge in [0.15, 0.2) is 0 Å². The van der Waals surface area contributed by atoms with Crippen molar-refractivity contribution in [2.75, 3.05) is 11.1 Å². The zero-order valence-electron chi connectivity index (χ0n) is 11.6. The summed E-state index contributed by atoms with van der Waals surface area (Å²) in [5, 5.41) is 3.34. The lowest BCUT2D eigenvalue weighted by molar-refractivity contribution is -0.116. The van der Waals surface area contributed by atoms with Gasteiger partial charge in [0.1, 0.15) is 6.54 Å². The molecule has 110 valence electrons. The molecule has 1 heterocycles. The molecule has 1 aromatic carbocycles. The zero-order chi connectivity index (χ0) is 14.8. The molecule has 0 fully saturated rings. The van der Waals surface area contributed by atoms with E-state index in [1.165, 1.54) is 12.1 Å². The molecular weight excluding hydrogens is 288 g/mol. The zero-order valence-corrected chi connectivity index (χ0v) is 12.4. The Labute approximate surface area is 128 Å². The first-order valence-corrected chi connectivity index (χ1v) is 7.39. The van der Waals surface area contributed by atoms with Crippen LogP contribution in [-0.4, -0.2) is 15.5 Å². The second-order valence-corrected chi connectivity index (χ2v) is 5.69. The monoisotopic (exact) mass is 304 g/mol. The molecule has 21 heavy (non-hydrogen) atoms. The van der Waals surface area contributed by atoms with Crippen molar-refractivity contribution in [3.05, 3.63) is 40.9 Å². The van der Waals surface area contributed by atoms with Crippen LogP contribution in [0.2, 0.25) is 5.02 Å². The van der Waals surface area contributed by atoms with Gasteiger partial charge in [0, 0.05) is 10.7 Å². The van der Waals surface area contributed by atoms with Crippen molar-refractivity contribution in [2.45, 2.75) is 32.2 Å². The second kappa shape index (κ2) is 5.77. The van der Waals surface area contributed by atoms with E-state index >= 15 is 0 Å². The maximum atomic E-state index is 12.2. The number of hydrogen-bond acceptors (Lipinski definition) is 3. The van der Waals surface area contributed by atoms with Crippen molar-refractivity contribution in [3.63, 3.8) is 0 Å². The summed E-state index contributed by atoms with van der Waals surface area (Å²) in [5.41, 5.74) is 9.17. The summed E-state index contributed by atoms with van der Waals surface area (Å²) in [6, 6.07) is 5.02. The summed E-state index contributed by atoms with van der Waals surface area (Å²) in [5.74, 6) is -0.130. The van der Waals surface area contributed by atoms with Gasteiger partial charge < -0.3 is 15.6 Å². The number of anilines is 2. The Hall–Kier alpha value is -2.01. The largest absolute Gasteiger partial charge is 0.397 e. The number of nitrogens with one attached hydrogen (secondary N) is 1. The minimum absolute atomic E-state index is 0.130. The average Bonchev–Trinajstić information content (AvgIpc) is 2.86. The van der Waals surface area contributed by atoms with Crippen molar-refractivity contribution >= 4 is 28.9 Å². The lowest BCUT2D eigenvalue weighted by Gasteiger charge is -2.14. The highest BCUT2D eigenvalue weighted by atomic mass is 35.5. The minimum atomic E-state index is -0.130. The van der Waals surface area contributed by atoms with Crippen LogP contribution in [-0.2, 0) is 24.2 Å². The van der Waals surface area contributed by atoms with E-state index in [9.17, 15) is 4.79 Å². The molecule has 1 amide bonds. The molecule has 0 spiro atoms. The molecule has 0 radical (unpaired) electrons. The average molecular weight is 305 g/mol. The maximum absolute atomic E-state index is 12.2. The predicted octanol–water partition coefficient (Wildman–Crippen LogP) is 2.64. The fourth-order valence-electron chi connectivity index (χ4n) is 2.65. The highest BCUT2D eigenvalue weighted by molar-refractivity contribution is 6.31. The Balaban J connectivity index is 1.72. The van der Waals surface area contributed by atoms with E-state index < -0.39 is 0 Å². The van der Waals surface area contributed by atoms with Gasteiger partial charge in [-0.1, -0.05) is 11.6 Å². The van der Waals surface area contributed by atoms with E-state index in [0.29, 0.717) is 16.4 Å². The van der Waals surface area contributed by atoms with E-state index in [1.807, 2.05) is 4.57 Å². The van der Waals surface area contributed by atoms with Crippen LogP contribution in [0.25, 0.3) is 0 Å². The number of nitrogens with zero attached hydrogens (tertiary/aromatic N) is 2. The Morgan fingerprint density at radius 3 is 3.05 bits per heavy atom. The third-order valence-electron chi connectivity index (χ3n) is 3.71. The van der Waals surface area contributed by atoms with Crippen LogP contribution in [0.5, 0.6) is 0 Å². The lowest BCUT2D eigenvalue weighted by atomic mass is 10.0. The first-order valence-electron chi connectivity index (χ1n) is 7.01. The van der Waals surface area contributed by atoms with Crippen molar-refractivity contribution in [2.24, 2.45) is 0 Å². The number of benzene rings is 1. The molecule has 0 unspecified atom stereocenters. The van der Waals surface area contributed by atoms with Gasteiger partial charge in [0.2, 0.25) is 5.91 Å². The van der Waals surface area contributed by atoms with Gasteiger partial charge in [-0.15, -0.1) is 0 Å². The topological polar surface area (TPSA) is 72.9 Å². The molecule has 2 aromatic rings. The summed E-state index contributed by atoms with van der Waals surface area (Å²) in [7, 11) is 0. The number of hydrogen-bond donors (Lipinski definition) is 2. The Bertz CT molecular complexity index is 680. The molecular formula is C15H17ClN4O. The van der Waals surface area contributed by atoms with E-state index in [4.69, 9.17) is 17.3 Å². The molecule has 1 aliphatic carbocycles. The van der Waals surface area contributed by atoms with Crippen LogP contribution >= 0.6 is 11.6 Å². The van der Waals surface area contributed by atoms with E-state index in [1.54, 1.807) is 24.5 Å². The first kappa shape index (κ1) is 13.9. The minimum Gasteiger partial charge on any atom is -0.397 e. The van der Waals surface area contributed by atoms with Crippen LogP contribution in [0.1, 0.15) is 24.2 Å². The van der Waals surface area contributed by atoms with Crippen LogP contribution in [0, 0.1) is 0 Å². The normalized spacial score (nSPS) is 13.8. The molecule has 0 aliphatic heterocycles. The highest BCUT2D eigenvalue weighted by Gasteiger charge is 2.17. The number of carbonyl (C=O) groups excluding carboxylic acids is 1. The number of nitrogens with two attached hydrogens (primary N) is 1. The van der Waals surface area contributed by atoms with E-state index in [0.717, 1.165) is 25.0 Å². The molecule has 6 heteroatoms. The van der Waals surface area contributed by atoms with Crippen molar-refractivity contribution in [1.82, 2.24) is 9.55 Å². The fraction of sp³-hybridized carbons (Fsp3) is 0.333. The number of imidazole rings is 1. The summed E-state index contributed by atoms with van der Waals surface area (Å²) >= 11 is 5.92. The van der Waals surface area contributed by atoms with Crippen LogP contribution in [0.4, 0.5) is 11.4 Å². The SMILES string of the molecule is Nc1ccc(Cl)cc1NC(=O)Cn1cnc2c1CCCC2.